The summed E-state index contributed by atoms with van der Waals surface area (Å²) in [4.78, 5) is 30.7. The van der Waals surface area contributed by atoms with Crippen molar-refractivity contribution in [1.29, 1.82) is 0 Å². The van der Waals surface area contributed by atoms with Gasteiger partial charge in [0.15, 0.2) is 11.9 Å². The molecule has 0 saturated heterocycles. The number of fused-ring (bicyclic) bond motifs is 2. The van der Waals surface area contributed by atoms with Crippen molar-refractivity contribution in [3.63, 3.8) is 0 Å². The zero-order valence-electron chi connectivity index (χ0n) is 16.3. The molecule has 1 atom stereocenters. The number of hydrogen-bond donors (Lipinski definition) is 0. The Morgan fingerprint density at radius 2 is 2.10 bits per heavy atom. The van der Waals surface area contributed by atoms with E-state index in [1.165, 1.54) is 11.0 Å². The molecule has 0 radical (unpaired) electrons. The van der Waals surface area contributed by atoms with Crippen LogP contribution in [0.15, 0.2) is 30.3 Å². The van der Waals surface area contributed by atoms with Crippen LogP contribution < -0.4 is 9.64 Å². The predicted molar refractivity (Wildman–Crippen MR) is 108 cm³/mol. The van der Waals surface area contributed by atoms with E-state index in [2.05, 4.69) is 4.98 Å². The first kappa shape index (κ1) is 20.2. The van der Waals surface area contributed by atoms with Gasteiger partial charge in [0.25, 0.3) is 5.91 Å². The molecule has 0 N–H and O–H groups in total. The number of aryl methyl sites for hydroxylation is 1. The van der Waals surface area contributed by atoms with Crippen molar-refractivity contribution in [2.24, 2.45) is 0 Å². The summed E-state index contributed by atoms with van der Waals surface area (Å²) < 4.78 is 38.6. The maximum absolute atomic E-state index is 14.0. The van der Waals surface area contributed by atoms with Gasteiger partial charge in [-0.2, -0.15) is 0 Å². The van der Waals surface area contributed by atoms with Crippen molar-refractivity contribution in [2.75, 3.05) is 11.5 Å². The molecule has 3 aromatic rings. The maximum atomic E-state index is 14.0. The zero-order valence-corrected chi connectivity index (χ0v) is 17.1. The number of anilines is 1. The molecule has 1 amide bonds. The van der Waals surface area contributed by atoms with Gasteiger partial charge >= 0.3 is 5.97 Å². The Morgan fingerprint density at radius 3 is 2.87 bits per heavy atom. The SMILES string of the molecule is CCOC(=O)CC1Oc2cc(C)ccc2N(Cc2nc3c(F)cc(F)cc3s2)C1=O. The highest BCUT2D eigenvalue weighted by atomic mass is 32.1. The van der Waals surface area contributed by atoms with E-state index in [4.69, 9.17) is 9.47 Å². The Kier molecular flexibility index (Phi) is 5.38. The van der Waals surface area contributed by atoms with Crippen LogP contribution in [0.1, 0.15) is 23.9 Å². The lowest BCUT2D eigenvalue weighted by molar-refractivity contribution is -0.147. The second-order valence-corrected chi connectivity index (χ2v) is 7.97. The first-order valence-corrected chi connectivity index (χ1v) is 10.2. The summed E-state index contributed by atoms with van der Waals surface area (Å²) in [7, 11) is 0. The van der Waals surface area contributed by atoms with Gasteiger partial charge in [-0.15, -0.1) is 11.3 Å². The Labute approximate surface area is 175 Å². The number of halogens is 2. The van der Waals surface area contributed by atoms with E-state index in [1.54, 1.807) is 19.1 Å². The van der Waals surface area contributed by atoms with Gasteiger partial charge in [0, 0.05) is 6.07 Å². The molecule has 1 aliphatic rings. The second-order valence-electron chi connectivity index (χ2n) is 6.85. The summed E-state index contributed by atoms with van der Waals surface area (Å²) in [6, 6.07) is 7.35. The van der Waals surface area contributed by atoms with E-state index in [0.29, 0.717) is 21.1 Å². The lowest BCUT2D eigenvalue weighted by atomic mass is 10.1. The maximum Gasteiger partial charge on any atom is 0.310 e. The van der Waals surface area contributed by atoms with Crippen LogP contribution in [0.2, 0.25) is 0 Å². The minimum atomic E-state index is -1.04. The van der Waals surface area contributed by atoms with Crippen LogP contribution in [0.3, 0.4) is 0 Å². The van der Waals surface area contributed by atoms with Crippen LogP contribution in [0, 0.1) is 18.6 Å². The van der Waals surface area contributed by atoms with Crippen LogP contribution in [0.5, 0.6) is 5.75 Å². The third-order valence-corrected chi connectivity index (χ3v) is 5.61. The second kappa shape index (κ2) is 7.98. The number of esters is 1. The number of rotatable bonds is 5. The zero-order chi connectivity index (χ0) is 21.4. The Bertz CT molecular complexity index is 1150. The normalized spacial score (nSPS) is 15.8. The molecule has 2 heterocycles. The number of benzene rings is 2. The van der Waals surface area contributed by atoms with Gasteiger partial charge in [0.2, 0.25) is 0 Å². The summed E-state index contributed by atoms with van der Waals surface area (Å²) in [5.41, 5.74) is 1.51. The quantitative estimate of drug-likeness (QED) is 0.567. The monoisotopic (exact) mass is 432 g/mol. The predicted octanol–water partition coefficient (Wildman–Crippen LogP) is 4.13. The Hall–Kier alpha value is -3.07. The molecule has 4 rings (SSSR count). The van der Waals surface area contributed by atoms with Gasteiger partial charge in [0.1, 0.15) is 22.1 Å². The molecule has 0 saturated carbocycles. The number of nitrogens with zero attached hydrogens (tertiary/aromatic N) is 2. The van der Waals surface area contributed by atoms with Crippen LogP contribution in [-0.2, 0) is 20.9 Å². The van der Waals surface area contributed by atoms with E-state index < -0.39 is 29.6 Å². The average molecular weight is 432 g/mol. The smallest absolute Gasteiger partial charge is 0.310 e. The summed E-state index contributed by atoms with van der Waals surface area (Å²) >= 11 is 1.10. The molecular weight excluding hydrogens is 414 g/mol. The fourth-order valence-corrected chi connectivity index (χ4v) is 4.30. The molecule has 1 aromatic heterocycles. The molecule has 156 valence electrons. The van der Waals surface area contributed by atoms with Crippen LogP contribution in [0.4, 0.5) is 14.5 Å². The molecule has 1 unspecified atom stereocenters. The number of ether oxygens (including phenoxy) is 2. The summed E-state index contributed by atoms with van der Waals surface area (Å²) in [6.45, 7) is 3.81. The Morgan fingerprint density at radius 1 is 1.30 bits per heavy atom. The van der Waals surface area contributed by atoms with Gasteiger partial charge in [-0.1, -0.05) is 6.07 Å². The van der Waals surface area contributed by atoms with E-state index in [1.807, 2.05) is 13.0 Å². The third-order valence-electron chi connectivity index (χ3n) is 4.63. The largest absolute Gasteiger partial charge is 0.478 e. The number of aromatic nitrogens is 1. The van der Waals surface area contributed by atoms with Crippen molar-refractivity contribution in [3.8, 4) is 5.75 Å². The summed E-state index contributed by atoms with van der Waals surface area (Å²) in [5, 5.41) is 0.436. The highest BCUT2D eigenvalue weighted by Crippen LogP contribution is 2.37. The molecule has 6 nitrogen and oxygen atoms in total. The fourth-order valence-electron chi connectivity index (χ4n) is 3.30. The van der Waals surface area contributed by atoms with Gasteiger partial charge < -0.3 is 9.47 Å². The minimum Gasteiger partial charge on any atom is -0.478 e. The van der Waals surface area contributed by atoms with Crippen molar-refractivity contribution in [2.45, 2.75) is 32.9 Å². The summed E-state index contributed by atoms with van der Waals surface area (Å²) in [5.74, 6) is -1.94. The molecule has 30 heavy (non-hydrogen) atoms. The van der Waals surface area contributed by atoms with Gasteiger partial charge in [-0.05, 0) is 37.6 Å². The van der Waals surface area contributed by atoms with Crippen molar-refractivity contribution < 1.29 is 27.8 Å². The van der Waals surface area contributed by atoms with Crippen molar-refractivity contribution in [1.82, 2.24) is 4.98 Å². The molecule has 0 aliphatic carbocycles. The molecule has 0 fully saturated rings. The number of amides is 1. The fraction of sp³-hybridized carbons (Fsp3) is 0.286. The van der Waals surface area contributed by atoms with Gasteiger partial charge in [0.05, 0.1) is 30.0 Å². The minimum absolute atomic E-state index is 0.0397. The topological polar surface area (TPSA) is 68.7 Å². The lowest BCUT2D eigenvalue weighted by Gasteiger charge is -2.33. The number of thiazole rings is 1. The summed E-state index contributed by atoms with van der Waals surface area (Å²) in [6.07, 6.45) is -1.27. The lowest BCUT2D eigenvalue weighted by Crippen LogP contribution is -2.46. The average Bonchev–Trinajstić information content (AvgIpc) is 3.08. The highest BCUT2D eigenvalue weighted by molar-refractivity contribution is 7.18. The molecular formula is C21H18F2N2O4S. The number of hydrogen-bond acceptors (Lipinski definition) is 6. The van der Waals surface area contributed by atoms with Crippen LogP contribution >= 0.6 is 11.3 Å². The van der Waals surface area contributed by atoms with E-state index in [-0.39, 0.29) is 25.1 Å². The van der Waals surface area contributed by atoms with Crippen LogP contribution in [-0.4, -0.2) is 29.6 Å². The molecule has 1 aliphatic heterocycles. The van der Waals surface area contributed by atoms with Crippen molar-refractivity contribution >= 4 is 39.1 Å². The Balaban J connectivity index is 1.69. The van der Waals surface area contributed by atoms with Gasteiger partial charge in [-0.3, -0.25) is 14.5 Å². The third kappa shape index (κ3) is 3.85. The van der Waals surface area contributed by atoms with E-state index in [9.17, 15) is 18.4 Å². The molecule has 2 aromatic carbocycles. The molecule has 9 heteroatoms. The standard InChI is InChI=1S/C21H18F2N2O4S/c1-3-28-19(26)9-16-21(27)25(14-5-4-11(2)6-15(14)29-16)10-18-24-20-13(23)7-12(22)8-17(20)30-18/h4-8,16H,3,9-10H2,1-2H3. The first-order valence-electron chi connectivity index (χ1n) is 9.34. The van der Waals surface area contributed by atoms with E-state index >= 15 is 0 Å². The van der Waals surface area contributed by atoms with Crippen molar-refractivity contribution in [3.05, 3.63) is 52.5 Å². The van der Waals surface area contributed by atoms with Crippen LogP contribution in [0.25, 0.3) is 10.2 Å². The molecule has 0 spiro atoms. The molecule has 0 bridgehead atoms. The first-order chi connectivity index (χ1) is 14.4. The van der Waals surface area contributed by atoms with Gasteiger partial charge in [-0.25, -0.2) is 13.8 Å². The highest BCUT2D eigenvalue weighted by Gasteiger charge is 2.36. The number of carbonyl (C=O) groups is 2. The number of carbonyl (C=O) groups excluding carboxylic acids is 2. The van der Waals surface area contributed by atoms with E-state index in [0.717, 1.165) is 23.0 Å².